The Kier molecular flexibility index (Phi) is 5.58. The molecule has 0 saturated carbocycles. The Labute approximate surface area is 162 Å². The topological polar surface area (TPSA) is 90.9 Å². The van der Waals surface area contributed by atoms with Crippen molar-refractivity contribution in [1.82, 2.24) is 15.0 Å². The predicted octanol–water partition coefficient (Wildman–Crippen LogP) is 3.37. The van der Waals surface area contributed by atoms with Crippen molar-refractivity contribution in [3.63, 3.8) is 0 Å². The van der Waals surface area contributed by atoms with E-state index in [0.29, 0.717) is 34.2 Å². The number of rotatable bonds is 6. The summed E-state index contributed by atoms with van der Waals surface area (Å²) in [6.07, 6.45) is 2.31. The van der Waals surface area contributed by atoms with Gasteiger partial charge in [0.1, 0.15) is 17.2 Å². The number of anilines is 1. The van der Waals surface area contributed by atoms with Crippen molar-refractivity contribution in [3.05, 3.63) is 75.3 Å². The summed E-state index contributed by atoms with van der Waals surface area (Å²) in [5, 5.41) is 14.3. The van der Waals surface area contributed by atoms with E-state index in [2.05, 4.69) is 20.3 Å². The van der Waals surface area contributed by atoms with E-state index in [-0.39, 0.29) is 12.1 Å². The second-order valence-corrected chi connectivity index (χ2v) is 6.89. The van der Waals surface area contributed by atoms with Gasteiger partial charge in [0.15, 0.2) is 0 Å². The summed E-state index contributed by atoms with van der Waals surface area (Å²) in [6.45, 7) is 3.88. The molecule has 3 rings (SSSR count). The number of H-pyrrole nitrogens is 1. The molecular formula is C20H21ClN4O2. The molecule has 7 heteroatoms. The molecule has 0 bridgehead atoms. The fourth-order valence-corrected chi connectivity index (χ4v) is 3.06. The predicted molar refractivity (Wildman–Crippen MR) is 107 cm³/mol. The molecule has 0 aliphatic heterocycles. The molecule has 2 aromatic heterocycles. The molecule has 27 heavy (non-hydrogen) atoms. The fourth-order valence-electron chi connectivity index (χ4n) is 2.72. The number of aliphatic hydroxyl groups is 1. The first-order valence-electron chi connectivity index (χ1n) is 8.67. The Morgan fingerprint density at radius 3 is 2.70 bits per heavy atom. The molecule has 0 spiro atoms. The fraction of sp³-hybridized carbons (Fsp3) is 0.250. The number of benzene rings is 1. The van der Waals surface area contributed by atoms with E-state index in [1.807, 2.05) is 25.1 Å². The Bertz CT molecular complexity index is 984. The minimum absolute atomic E-state index is 0.185. The zero-order chi connectivity index (χ0) is 19.4. The van der Waals surface area contributed by atoms with E-state index >= 15 is 0 Å². The third kappa shape index (κ3) is 4.53. The molecule has 6 nitrogen and oxygen atoms in total. The van der Waals surface area contributed by atoms with Gasteiger partial charge in [-0.2, -0.15) is 0 Å². The lowest BCUT2D eigenvalue weighted by Crippen LogP contribution is -2.31. The standard InChI is InChI=1S/C20H21ClN4O2/c1-3-14-10-18(26)25-19(24-14)13-8-9-17(22-11-13)23-12-20(2,27)15-6-4-5-7-16(15)21/h4-11,27H,3,12H2,1-2H3,(H,22,23)(H,24,25,26). The number of nitrogens with one attached hydrogen (secondary N) is 2. The van der Waals surface area contributed by atoms with Crippen molar-refractivity contribution >= 4 is 17.4 Å². The van der Waals surface area contributed by atoms with Gasteiger partial charge in [0.25, 0.3) is 5.56 Å². The van der Waals surface area contributed by atoms with Gasteiger partial charge in [0, 0.05) is 40.7 Å². The average molecular weight is 385 g/mol. The molecule has 0 aliphatic carbocycles. The van der Waals surface area contributed by atoms with Gasteiger partial charge in [-0.1, -0.05) is 36.7 Å². The maximum Gasteiger partial charge on any atom is 0.251 e. The molecule has 0 saturated heterocycles. The summed E-state index contributed by atoms with van der Waals surface area (Å²) in [4.78, 5) is 23.2. The van der Waals surface area contributed by atoms with Crippen LogP contribution < -0.4 is 10.9 Å². The van der Waals surface area contributed by atoms with E-state index in [0.717, 1.165) is 5.69 Å². The largest absolute Gasteiger partial charge is 0.384 e. The van der Waals surface area contributed by atoms with Gasteiger partial charge in [-0.05, 0) is 31.5 Å². The van der Waals surface area contributed by atoms with Crippen LogP contribution in [0.15, 0.2) is 53.5 Å². The van der Waals surface area contributed by atoms with E-state index in [1.54, 1.807) is 31.3 Å². The van der Waals surface area contributed by atoms with Gasteiger partial charge in [-0.3, -0.25) is 4.79 Å². The summed E-state index contributed by atoms with van der Waals surface area (Å²) < 4.78 is 0. The monoisotopic (exact) mass is 384 g/mol. The zero-order valence-electron chi connectivity index (χ0n) is 15.2. The summed E-state index contributed by atoms with van der Waals surface area (Å²) >= 11 is 6.18. The second-order valence-electron chi connectivity index (χ2n) is 6.48. The van der Waals surface area contributed by atoms with Gasteiger partial charge in [-0.25, -0.2) is 9.97 Å². The number of aryl methyl sites for hydroxylation is 1. The molecule has 3 N–H and O–H groups in total. The van der Waals surface area contributed by atoms with Crippen molar-refractivity contribution < 1.29 is 5.11 Å². The highest BCUT2D eigenvalue weighted by molar-refractivity contribution is 6.31. The first kappa shape index (κ1) is 19.1. The zero-order valence-corrected chi connectivity index (χ0v) is 15.9. The van der Waals surface area contributed by atoms with Gasteiger partial charge in [0.05, 0.1) is 0 Å². The third-order valence-corrected chi connectivity index (χ3v) is 4.59. The number of nitrogens with zero attached hydrogens (tertiary/aromatic N) is 2. The first-order valence-corrected chi connectivity index (χ1v) is 9.05. The molecule has 0 radical (unpaired) electrons. The Morgan fingerprint density at radius 1 is 1.26 bits per heavy atom. The molecule has 0 fully saturated rings. The van der Waals surface area contributed by atoms with Crippen LogP contribution in [-0.4, -0.2) is 26.6 Å². The van der Waals surface area contributed by atoms with Crippen molar-refractivity contribution in [2.24, 2.45) is 0 Å². The summed E-state index contributed by atoms with van der Waals surface area (Å²) in [5.74, 6) is 1.08. The van der Waals surface area contributed by atoms with E-state index in [1.165, 1.54) is 6.07 Å². The molecule has 1 unspecified atom stereocenters. The molecule has 0 amide bonds. The van der Waals surface area contributed by atoms with Crippen molar-refractivity contribution in [2.45, 2.75) is 25.9 Å². The van der Waals surface area contributed by atoms with Gasteiger partial charge in [0.2, 0.25) is 0 Å². The number of hydrogen-bond donors (Lipinski definition) is 3. The number of halogens is 1. The third-order valence-electron chi connectivity index (χ3n) is 4.26. The first-order chi connectivity index (χ1) is 12.9. The molecule has 0 aliphatic rings. The average Bonchev–Trinajstić information content (AvgIpc) is 2.66. The maximum atomic E-state index is 11.7. The highest BCUT2D eigenvalue weighted by Crippen LogP contribution is 2.28. The lowest BCUT2D eigenvalue weighted by Gasteiger charge is -2.25. The van der Waals surface area contributed by atoms with Crippen LogP contribution >= 0.6 is 11.6 Å². The SMILES string of the molecule is CCc1cc(=O)[nH]c(-c2ccc(NCC(C)(O)c3ccccc3Cl)nc2)n1. The lowest BCUT2D eigenvalue weighted by atomic mass is 9.96. The lowest BCUT2D eigenvalue weighted by molar-refractivity contribution is 0.0715. The minimum Gasteiger partial charge on any atom is -0.384 e. The van der Waals surface area contributed by atoms with Crippen LogP contribution in [0.25, 0.3) is 11.4 Å². The van der Waals surface area contributed by atoms with Crippen LogP contribution in [-0.2, 0) is 12.0 Å². The molecule has 140 valence electrons. The molecule has 1 aromatic carbocycles. The second kappa shape index (κ2) is 7.90. The number of hydrogen-bond acceptors (Lipinski definition) is 5. The molecule has 3 aromatic rings. The smallest absolute Gasteiger partial charge is 0.251 e. The highest BCUT2D eigenvalue weighted by atomic mass is 35.5. The minimum atomic E-state index is -1.15. The number of pyridine rings is 1. The molecule has 2 heterocycles. The van der Waals surface area contributed by atoms with Crippen LogP contribution in [0.3, 0.4) is 0 Å². The quantitative estimate of drug-likeness (QED) is 0.606. The van der Waals surface area contributed by atoms with Crippen molar-refractivity contribution in [3.8, 4) is 11.4 Å². The maximum absolute atomic E-state index is 11.7. The Morgan fingerprint density at radius 2 is 2.04 bits per heavy atom. The highest BCUT2D eigenvalue weighted by Gasteiger charge is 2.25. The summed E-state index contributed by atoms with van der Waals surface area (Å²) in [6, 6.07) is 12.3. The van der Waals surface area contributed by atoms with Crippen LogP contribution in [0, 0.1) is 0 Å². The van der Waals surface area contributed by atoms with Gasteiger partial charge in [-0.15, -0.1) is 0 Å². The number of aromatic nitrogens is 3. The van der Waals surface area contributed by atoms with Crippen molar-refractivity contribution in [2.75, 3.05) is 11.9 Å². The van der Waals surface area contributed by atoms with E-state index < -0.39 is 5.60 Å². The van der Waals surface area contributed by atoms with Crippen LogP contribution in [0.2, 0.25) is 5.02 Å². The normalized spacial score (nSPS) is 13.2. The van der Waals surface area contributed by atoms with E-state index in [4.69, 9.17) is 11.6 Å². The Hall–Kier alpha value is -2.70. The molecular weight excluding hydrogens is 364 g/mol. The Balaban J connectivity index is 1.74. The summed E-state index contributed by atoms with van der Waals surface area (Å²) in [5.41, 5.74) is 0.752. The van der Waals surface area contributed by atoms with Gasteiger partial charge >= 0.3 is 0 Å². The van der Waals surface area contributed by atoms with Crippen LogP contribution in [0.4, 0.5) is 5.82 Å². The summed E-state index contributed by atoms with van der Waals surface area (Å²) in [7, 11) is 0. The number of aromatic amines is 1. The van der Waals surface area contributed by atoms with Crippen LogP contribution in [0.5, 0.6) is 0 Å². The molecule has 1 atom stereocenters. The van der Waals surface area contributed by atoms with Crippen molar-refractivity contribution in [1.29, 1.82) is 0 Å². The van der Waals surface area contributed by atoms with E-state index in [9.17, 15) is 9.90 Å². The van der Waals surface area contributed by atoms with Gasteiger partial charge < -0.3 is 15.4 Å². The van der Waals surface area contributed by atoms with Crippen LogP contribution in [0.1, 0.15) is 25.1 Å².